The summed E-state index contributed by atoms with van der Waals surface area (Å²) in [7, 11) is 0. The highest BCUT2D eigenvalue weighted by Gasteiger charge is 2.26. The lowest BCUT2D eigenvalue weighted by Gasteiger charge is -2.33. The zero-order chi connectivity index (χ0) is 12.0. The summed E-state index contributed by atoms with van der Waals surface area (Å²) in [5.41, 5.74) is 0. The molecule has 1 amide bonds. The van der Waals surface area contributed by atoms with E-state index in [4.69, 9.17) is 4.74 Å². The van der Waals surface area contributed by atoms with Gasteiger partial charge in [-0.3, -0.25) is 4.79 Å². The van der Waals surface area contributed by atoms with E-state index in [1.165, 1.54) is 0 Å². The molecule has 1 saturated heterocycles. The van der Waals surface area contributed by atoms with Gasteiger partial charge in [-0.2, -0.15) is 0 Å². The number of ether oxygens (including phenoxy) is 1. The summed E-state index contributed by atoms with van der Waals surface area (Å²) in [5.74, 6) is 0.215. The molecule has 16 heavy (non-hydrogen) atoms. The Bertz CT molecular complexity index is 223. The van der Waals surface area contributed by atoms with Crippen molar-refractivity contribution in [1.82, 2.24) is 4.90 Å². The lowest BCUT2D eigenvalue weighted by atomic mass is 10.1. The van der Waals surface area contributed by atoms with Gasteiger partial charge in [0.2, 0.25) is 5.91 Å². The second kappa shape index (κ2) is 7.28. The number of halogens is 1. The molecule has 1 aliphatic heterocycles. The molecular formula is C12H22BrNO2. The second-order valence-electron chi connectivity index (χ2n) is 4.30. The summed E-state index contributed by atoms with van der Waals surface area (Å²) in [6, 6.07) is 0. The highest BCUT2D eigenvalue weighted by molar-refractivity contribution is 9.10. The minimum atomic E-state index is -0.0302. The molecule has 2 unspecified atom stereocenters. The van der Waals surface area contributed by atoms with E-state index in [2.05, 4.69) is 22.9 Å². The normalized spacial score (nSPS) is 23.2. The fourth-order valence-electron chi connectivity index (χ4n) is 1.93. The second-order valence-corrected chi connectivity index (χ2v) is 5.40. The molecular weight excluding hydrogens is 270 g/mol. The largest absolute Gasteiger partial charge is 0.376 e. The zero-order valence-electron chi connectivity index (χ0n) is 10.2. The molecule has 0 saturated carbocycles. The molecule has 3 nitrogen and oxygen atoms in total. The number of amides is 1. The molecule has 0 aromatic rings. The van der Waals surface area contributed by atoms with Crippen LogP contribution in [0.15, 0.2) is 0 Å². The fourth-order valence-corrected chi connectivity index (χ4v) is 2.22. The number of carbonyl (C=O) groups is 1. The lowest BCUT2D eigenvalue weighted by molar-refractivity contribution is -0.134. The van der Waals surface area contributed by atoms with Crippen molar-refractivity contribution in [3.05, 3.63) is 0 Å². The summed E-state index contributed by atoms with van der Waals surface area (Å²) < 4.78 is 5.72. The van der Waals surface area contributed by atoms with Crippen LogP contribution in [0.3, 0.4) is 0 Å². The molecule has 1 heterocycles. The van der Waals surface area contributed by atoms with Crippen LogP contribution in [-0.4, -0.2) is 41.4 Å². The monoisotopic (exact) mass is 291 g/mol. The summed E-state index contributed by atoms with van der Waals surface area (Å²) in [6.45, 7) is 6.58. The van der Waals surface area contributed by atoms with Crippen molar-refractivity contribution < 1.29 is 9.53 Å². The van der Waals surface area contributed by atoms with Crippen LogP contribution in [-0.2, 0) is 9.53 Å². The van der Waals surface area contributed by atoms with Gasteiger partial charge in [-0.05, 0) is 25.7 Å². The molecule has 4 heteroatoms. The summed E-state index contributed by atoms with van der Waals surface area (Å²) in [5, 5.41) is 0. The first-order chi connectivity index (χ1) is 7.69. The van der Waals surface area contributed by atoms with Crippen LogP contribution in [0.2, 0.25) is 0 Å². The third-order valence-corrected chi connectivity index (χ3v) is 3.91. The van der Waals surface area contributed by atoms with E-state index in [0.29, 0.717) is 0 Å². The third-order valence-electron chi connectivity index (χ3n) is 2.87. The topological polar surface area (TPSA) is 29.5 Å². The molecule has 0 aliphatic carbocycles. The van der Waals surface area contributed by atoms with Gasteiger partial charge in [0, 0.05) is 19.7 Å². The number of carbonyl (C=O) groups excluding carboxylic acids is 1. The van der Waals surface area contributed by atoms with Gasteiger partial charge >= 0.3 is 0 Å². The van der Waals surface area contributed by atoms with Crippen molar-refractivity contribution in [3.8, 4) is 0 Å². The predicted octanol–water partition coefficient (Wildman–Crippen LogP) is 2.58. The maximum atomic E-state index is 12.0. The Labute approximate surface area is 107 Å². The minimum Gasteiger partial charge on any atom is -0.376 e. The van der Waals surface area contributed by atoms with Crippen molar-refractivity contribution in [2.24, 2.45) is 0 Å². The van der Waals surface area contributed by atoms with Gasteiger partial charge in [-0.25, -0.2) is 0 Å². The van der Waals surface area contributed by atoms with Gasteiger partial charge in [0.15, 0.2) is 0 Å². The number of likely N-dealkylation sites (tertiary alicyclic amines) is 1. The molecule has 0 radical (unpaired) electrons. The number of hydrogen-bond donors (Lipinski definition) is 0. The first-order valence-corrected chi connectivity index (χ1v) is 7.15. The number of rotatable bonds is 5. The van der Waals surface area contributed by atoms with Crippen molar-refractivity contribution >= 4 is 21.8 Å². The number of nitrogens with zero attached hydrogens (tertiary/aromatic N) is 1. The maximum Gasteiger partial charge on any atom is 0.236 e. The number of piperidine rings is 1. The maximum absolute atomic E-state index is 12.0. The summed E-state index contributed by atoms with van der Waals surface area (Å²) >= 11 is 3.42. The third kappa shape index (κ3) is 4.06. The first kappa shape index (κ1) is 14.0. The van der Waals surface area contributed by atoms with Crippen LogP contribution >= 0.6 is 15.9 Å². The van der Waals surface area contributed by atoms with Crippen molar-refractivity contribution in [2.75, 3.05) is 19.7 Å². The Morgan fingerprint density at radius 3 is 2.94 bits per heavy atom. The molecule has 94 valence electrons. The molecule has 0 spiro atoms. The summed E-state index contributed by atoms with van der Waals surface area (Å²) in [6.07, 6.45) is 4.28. The molecule has 0 aromatic carbocycles. The van der Waals surface area contributed by atoms with Crippen LogP contribution < -0.4 is 0 Å². The molecule has 1 rings (SSSR count). The SMILES string of the molecule is CCCOC1CCCN(C(=O)C(Br)CC)C1. The van der Waals surface area contributed by atoms with E-state index >= 15 is 0 Å². The Hall–Kier alpha value is -0.0900. The van der Waals surface area contributed by atoms with E-state index in [-0.39, 0.29) is 16.8 Å². The molecule has 0 N–H and O–H groups in total. The highest BCUT2D eigenvalue weighted by Crippen LogP contribution is 2.17. The fraction of sp³-hybridized carbons (Fsp3) is 0.917. The highest BCUT2D eigenvalue weighted by atomic mass is 79.9. The van der Waals surface area contributed by atoms with Crippen molar-refractivity contribution in [1.29, 1.82) is 0 Å². The van der Waals surface area contributed by atoms with Crippen molar-refractivity contribution in [2.45, 2.75) is 50.5 Å². The molecule has 1 aliphatic rings. The van der Waals surface area contributed by atoms with Crippen LogP contribution in [0, 0.1) is 0 Å². The molecule has 0 aromatic heterocycles. The number of alkyl halides is 1. The van der Waals surface area contributed by atoms with Crippen LogP contribution in [0.25, 0.3) is 0 Å². The van der Waals surface area contributed by atoms with Gasteiger partial charge in [0.25, 0.3) is 0 Å². The predicted molar refractivity (Wildman–Crippen MR) is 68.9 cm³/mol. The lowest BCUT2D eigenvalue weighted by Crippen LogP contribution is -2.46. The van der Waals surface area contributed by atoms with Gasteiger partial charge < -0.3 is 9.64 Å². The Morgan fingerprint density at radius 2 is 2.31 bits per heavy atom. The molecule has 0 bridgehead atoms. The minimum absolute atomic E-state index is 0.0302. The Kier molecular flexibility index (Phi) is 6.36. The zero-order valence-corrected chi connectivity index (χ0v) is 11.8. The Balaban J connectivity index is 2.40. The van der Waals surface area contributed by atoms with E-state index in [1.807, 2.05) is 11.8 Å². The average Bonchev–Trinajstić information content (AvgIpc) is 2.34. The van der Waals surface area contributed by atoms with E-state index < -0.39 is 0 Å². The van der Waals surface area contributed by atoms with Gasteiger partial charge in [-0.15, -0.1) is 0 Å². The summed E-state index contributed by atoms with van der Waals surface area (Å²) in [4.78, 5) is 13.9. The van der Waals surface area contributed by atoms with Gasteiger partial charge in [-0.1, -0.05) is 29.8 Å². The van der Waals surface area contributed by atoms with E-state index in [9.17, 15) is 4.79 Å². The smallest absolute Gasteiger partial charge is 0.236 e. The van der Waals surface area contributed by atoms with Gasteiger partial charge in [0.1, 0.15) is 0 Å². The molecule has 2 atom stereocenters. The van der Waals surface area contributed by atoms with E-state index in [0.717, 1.165) is 45.4 Å². The molecule has 1 fully saturated rings. The number of hydrogen-bond acceptors (Lipinski definition) is 2. The van der Waals surface area contributed by atoms with Crippen LogP contribution in [0.4, 0.5) is 0 Å². The quantitative estimate of drug-likeness (QED) is 0.729. The van der Waals surface area contributed by atoms with Crippen LogP contribution in [0.5, 0.6) is 0 Å². The first-order valence-electron chi connectivity index (χ1n) is 6.23. The van der Waals surface area contributed by atoms with Gasteiger partial charge in [0.05, 0.1) is 10.9 Å². The Morgan fingerprint density at radius 1 is 1.56 bits per heavy atom. The van der Waals surface area contributed by atoms with Crippen LogP contribution in [0.1, 0.15) is 39.5 Å². The van der Waals surface area contributed by atoms with Crippen molar-refractivity contribution in [3.63, 3.8) is 0 Å². The van der Waals surface area contributed by atoms with E-state index in [1.54, 1.807) is 0 Å². The standard InChI is InChI=1S/C12H22BrNO2/c1-3-8-16-10-6-5-7-14(9-10)12(15)11(13)4-2/h10-11H,3-9H2,1-2H3. The average molecular weight is 292 g/mol.